The van der Waals surface area contributed by atoms with Crippen LogP contribution in [-0.2, 0) is 11.3 Å². The molecule has 0 atom stereocenters. The van der Waals surface area contributed by atoms with Crippen LogP contribution in [0.2, 0.25) is 0 Å². The number of methoxy groups -OCH3 is 1. The van der Waals surface area contributed by atoms with E-state index in [2.05, 4.69) is 15.9 Å². The molecule has 0 aliphatic heterocycles. The van der Waals surface area contributed by atoms with Crippen molar-refractivity contribution in [1.82, 2.24) is 0 Å². The molecule has 0 amide bonds. The summed E-state index contributed by atoms with van der Waals surface area (Å²) in [5.74, 6) is 1.33. The predicted molar refractivity (Wildman–Crippen MR) is 78.3 cm³/mol. The van der Waals surface area contributed by atoms with Crippen molar-refractivity contribution in [3.63, 3.8) is 0 Å². The van der Waals surface area contributed by atoms with E-state index in [1.54, 1.807) is 7.11 Å². The fourth-order valence-electron chi connectivity index (χ4n) is 2.48. The molecule has 1 fully saturated rings. The maximum Gasteiger partial charge on any atom is 0.119 e. The van der Waals surface area contributed by atoms with Crippen molar-refractivity contribution in [2.24, 2.45) is 5.92 Å². The molecular weight excluding hydrogens is 308 g/mol. The summed E-state index contributed by atoms with van der Waals surface area (Å²) in [4.78, 5) is 0. The summed E-state index contributed by atoms with van der Waals surface area (Å²) in [6.07, 6.45) is 4.56. The smallest absolute Gasteiger partial charge is 0.119 e. The number of aliphatic hydroxyl groups excluding tert-OH is 1. The Kier molecular flexibility index (Phi) is 5.67. The number of rotatable bonds is 5. The predicted octanol–water partition coefficient (Wildman–Crippen LogP) is 3.53. The van der Waals surface area contributed by atoms with E-state index in [4.69, 9.17) is 14.6 Å². The van der Waals surface area contributed by atoms with Gasteiger partial charge in [-0.25, -0.2) is 0 Å². The standard InChI is InChI=1S/C15H21BrO3/c1-18-14-6-7-15(16)12(8-14)10-19-13-4-2-11(9-17)3-5-13/h6-8,11,13,17H,2-5,9-10H2,1H3. The van der Waals surface area contributed by atoms with Crippen LogP contribution in [0.5, 0.6) is 5.75 Å². The number of aliphatic hydroxyl groups is 1. The van der Waals surface area contributed by atoms with Gasteiger partial charge in [-0.1, -0.05) is 15.9 Å². The highest BCUT2D eigenvalue weighted by Crippen LogP contribution is 2.28. The molecule has 0 aromatic heterocycles. The number of hydrogen-bond donors (Lipinski definition) is 1. The molecule has 3 nitrogen and oxygen atoms in total. The highest BCUT2D eigenvalue weighted by atomic mass is 79.9. The van der Waals surface area contributed by atoms with E-state index in [9.17, 15) is 0 Å². The van der Waals surface area contributed by atoms with Gasteiger partial charge in [-0.3, -0.25) is 0 Å². The van der Waals surface area contributed by atoms with Crippen LogP contribution in [0.3, 0.4) is 0 Å². The Labute approximate surface area is 123 Å². The molecule has 19 heavy (non-hydrogen) atoms. The quantitative estimate of drug-likeness (QED) is 0.898. The van der Waals surface area contributed by atoms with E-state index >= 15 is 0 Å². The summed E-state index contributed by atoms with van der Waals surface area (Å²) in [6.45, 7) is 0.917. The molecule has 1 aliphatic carbocycles. The Morgan fingerprint density at radius 2 is 2.00 bits per heavy atom. The van der Waals surface area contributed by atoms with Crippen molar-refractivity contribution in [3.8, 4) is 5.75 Å². The van der Waals surface area contributed by atoms with Gasteiger partial charge in [-0.15, -0.1) is 0 Å². The van der Waals surface area contributed by atoms with Gasteiger partial charge in [0.15, 0.2) is 0 Å². The first kappa shape index (κ1) is 14.8. The molecule has 0 spiro atoms. The van der Waals surface area contributed by atoms with Crippen LogP contribution in [0.15, 0.2) is 22.7 Å². The van der Waals surface area contributed by atoms with Crippen LogP contribution in [0.25, 0.3) is 0 Å². The minimum absolute atomic E-state index is 0.314. The van der Waals surface area contributed by atoms with E-state index in [1.807, 2.05) is 18.2 Å². The molecule has 1 aromatic rings. The monoisotopic (exact) mass is 328 g/mol. The SMILES string of the molecule is COc1ccc(Br)c(COC2CCC(CO)CC2)c1. The maximum absolute atomic E-state index is 9.12. The van der Waals surface area contributed by atoms with E-state index in [0.717, 1.165) is 41.5 Å². The second-order valence-electron chi connectivity index (χ2n) is 5.09. The van der Waals surface area contributed by atoms with Gasteiger partial charge in [-0.2, -0.15) is 0 Å². The number of ether oxygens (including phenoxy) is 2. The lowest BCUT2D eigenvalue weighted by Crippen LogP contribution is -2.23. The van der Waals surface area contributed by atoms with Crippen molar-refractivity contribution < 1.29 is 14.6 Å². The summed E-state index contributed by atoms with van der Waals surface area (Å²) >= 11 is 3.54. The maximum atomic E-state index is 9.12. The zero-order valence-corrected chi connectivity index (χ0v) is 12.9. The van der Waals surface area contributed by atoms with Crippen LogP contribution >= 0.6 is 15.9 Å². The third kappa shape index (κ3) is 4.20. The van der Waals surface area contributed by atoms with Gasteiger partial charge in [0, 0.05) is 11.1 Å². The van der Waals surface area contributed by atoms with Crippen LogP contribution in [0.1, 0.15) is 31.2 Å². The third-order valence-corrected chi connectivity index (χ3v) is 4.55. The topological polar surface area (TPSA) is 38.7 Å². The second-order valence-corrected chi connectivity index (χ2v) is 5.95. The Bertz CT molecular complexity index is 400. The van der Waals surface area contributed by atoms with Gasteiger partial charge in [0.05, 0.1) is 19.8 Å². The Morgan fingerprint density at radius 3 is 2.63 bits per heavy atom. The van der Waals surface area contributed by atoms with E-state index in [0.29, 0.717) is 25.2 Å². The molecular formula is C15H21BrO3. The average Bonchev–Trinajstić information content (AvgIpc) is 2.47. The molecule has 4 heteroatoms. The summed E-state index contributed by atoms with van der Waals surface area (Å²) in [6, 6.07) is 5.92. The molecule has 2 rings (SSSR count). The van der Waals surface area contributed by atoms with Crippen molar-refractivity contribution in [2.45, 2.75) is 38.4 Å². The molecule has 1 N–H and O–H groups in total. The lowest BCUT2D eigenvalue weighted by atomic mass is 9.88. The molecule has 0 heterocycles. The highest BCUT2D eigenvalue weighted by Gasteiger charge is 2.21. The Balaban J connectivity index is 1.85. The average molecular weight is 329 g/mol. The number of benzene rings is 1. The lowest BCUT2D eigenvalue weighted by molar-refractivity contribution is 0.000925. The molecule has 0 unspecified atom stereocenters. The van der Waals surface area contributed by atoms with Crippen molar-refractivity contribution in [1.29, 1.82) is 0 Å². The molecule has 106 valence electrons. The first-order valence-corrected chi connectivity index (χ1v) is 7.57. The number of halogens is 1. The van der Waals surface area contributed by atoms with Crippen LogP contribution < -0.4 is 4.74 Å². The summed E-state index contributed by atoms with van der Waals surface area (Å²) < 4.78 is 12.3. The first-order valence-electron chi connectivity index (χ1n) is 6.77. The zero-order chi connectivity index (χ0) is 13.7. The largest absolute Gasteiger partial charge is 0.497 e. The van der Waals surface area contributed by atoms with Gasteiger partial charge in [0.2, 0.25) is 0 Å². The van der Waals surface area contributed by atoms with Crippen molar-refractivity contribution >= 4 is 15.9 Å². The molecule has 1 saturated carbocycles. The first-order chi connectivity index (χ1) is 9.22. The summed E-state index contributed by atoms with van der Waals surface area (Å²) in [5, 5.41) is 9.12. The normalized spacial score (nSPS) is 23.3. The molecule has 1 aliphatic rings. The molecule has 0 bridgehead atoms. The minimum Gasteiger partial charge on any atom is -0.497 e. The van der Waals surface area contributed by atoms with Gasteiger partial charge < -0.3 is 14.6 Å². The van der Waals surface area contributed by atoms with Gasteiger partial charge in [0.25, 0.3) is 0 Å². The van der Waals surface area contributed by atoms with Crippen molar-refractivity contribution in [2.75, 3.05) is 13.7 Å². The third-order valence-electron chi connectivity index (χ3n) is 3.78. The zero-order valence-electron chi connectivity index (χ0n) is 11.3. The van der Waals surface area contributed by atoms with Crippen LogP contribution in [0, 0.1) is 5.92 Å². The van der Waals surface area contributed by atoms with E-state index in [-0.39, 0.29) is 0 Å². The van der Waals surface area contributed by atoms with Gasteiger partial charge in [0.1, 0.15) is 5.75 Å². The summed E-state index contributed by atoms with van der Waals surface area (Å²) in [5.41, 5.74) is 1.11. The lowest BCUT2D eigenvalue weighted by Gasteiger charge is -2.27. The van der Waals surface area contributed by atoms with E-state index in [1.165, 1.54) is 0 Å². The second kappa shape index (κ2) is 7.27. The minimum atomic E-state index is 0.314. The van der Waals surface area contributed by atoms with Crippen molar-refractivity contribution in [3.05, 3.63) is 28.2 Å². The molecule has 0 radical (unpaired) electrons. The molecule has 1 aromatic carbocycles. The van der Waals surface area contributed by atoms with Crippen LogP contribution in [0.4, 0.5) is 0 Å². The van der Waals surface area contributed by atoms with Crippen LogP contribution in [-0.4, -0.2) is 24.9 Å². The summed E-state index contributed by atoms with van der Waals surface area (Å²) in [7, 11) is 1.67. The number of hydrogen-bond acceptors (Lipinski definition) is 3. The highest BCUT2D eigenvalue weighted by molar-refractivity contribution is 9.10. The van der Waals surface area contributed by atoms with Gasteiger partial charge in [-0.05, 0) is 55.4 Å². The fourth-order valence-corrected chi connectivity index (χ4v) is 2.84. The van der Waals surface area contributed by atoms with E-state index < -0.39 is 0 Å². The Hall–Kier alpha value is -0.580. The Morgan fingerprint density at radius 1 is 1.26 bits per heavy atom. The fraction of sp³-hybridized carbons (Fsp3) is 0.600. The molecule has 0 saturated heterocycles. The van der Waals surface area contributed by atoms with Gasteiger partial charge >= 0.3 is 0 Å².